The Kier molecular flexibility index (Phi) is 4.96. The van der Waals surface area contributed by atoms with Gasteiger partial charge in [0, 0.05) is 24.9 Å². The quantitative estimate of drug-likeness (QED) is 0.613. The van der Waals surface area contributed by atoms with Crippen LogP contribution in [0.2, 0.25) is 0 Å². The fourth-order valence-electron chi connectivity index (χ4n) is 3.16. The summed E-state index contributed by atoms with van der Waals surface area (Å²) in [5, 5.41) is 0. The van der Waals surface area contributed by atoms with Gasteiger partial charge in [-0.1, -0.05) is 12.1 Å². The molecule has 1 saturated carbocycles. The molecular weight excluding hydrogens is 342 g/mol. The lowest BCUT2D eigenvalue weighted by molar-refractivity contribution is -0.134. The zero-order valence-electron chi connectivity index (χ0n) is 15.4. The highest BCUT2D eigenvalue weighted by molar-refractivity contribution is 5.80. The Hall–Kier alpha value is -3.02. The van der Waals surface area contributed by atoms with Crippen LogP contribution in [0.1, 0.15) is 30.0 Å². The lowest BCUT2D eigenvalue weighted by Crippen LogP contribution is -2.32. The van der Waals surface area contributed by atoms with Gasteiger partial charge in [0.1, 0.15) is 17.3 Å². The summed E-state index contributed by atoms with van der Waals surface area (Å²) >= 11 is 0. The monoisotopic (exact) mass is 365 g/mol. The summed E-state index contributed by atoms with van der Waals surface area (Å²) in [7, 11) is 1.66. The maximum Gasteiger partial charge on any atom is 0.226 e. The maximum atomic E-state index is 12.7. The fourth-order valence-corrected chi connectivity index (χ4v) is 3.16. The highest BCUT2D eigenvalue weighted by Gasteiger charge is 2.34. The second-order valence-electron chi connectivity index (χ2n) is 6.87. The van der Waals surface area contributed by atoms with Crippen molar-refractivity contribution < 1.29 is 13.9 Å². The molecule has 1 aliphatic rings. The number of hydrogen-bond donors (Lipinski definition) is 0. The first-order valence-electron chi connectivity index (χ1n) is 9.17. The van der Waals surface area contributed by atoms with Crippen molar-refractivity contribution in [2.24, 2.45) is 5.92 Å². The zero-order chi connectivity index (χ0) is 18.6. The highest BCUT2D eigenvalue weighted by Crippen LogP contribution is 2.32. The predicted octanol–water partition coefficient (Wildman–Crippen LogP) is 3.47. The molecule has 140 valence electrons. The minimum Gasteiger partial charge on any atom is -0.497 e. The summed E-state index contributed by atoms with van der Waals surface area (Å²) in [6.45, 7) is 1.61. The van der Waals surface area contributed by atoms with E-state index in [1.165, 1.54) is 0 Å². The largest absolute Gasteiger partial charge is 0.497 e. The molecule has 0 N–H and O–H groups in total. The van der Waals surface area contributed by atoms with Crippen molar-refractivity contribution in [3.63, 3.8) is 0 Å². The Morgan fingerprint density at radius 1 is 1.30 bits per heavy atom. The molecule has 0 radical (unpaired) electrons. The average Bonchev–Trinajstić information content (AvgIpc) is 3.25. The second-order valence-corrected chi connectivity index (χ2v) is 6.87. The molecule has 0 spiro atoms. The predicted molar refractivity (Wildman–Crippen MR) is 100 cm³/mol. The molecule has 2 aromatic heterocycles. The highest BCUT2D eigenvalue weighted by atomic mass is 16.5. The van der Waals surface area contributed by atoms with Crippen molar-refractivity contribution >= 4 is 5.91 Å². The van der Waals surface area contributed by atoms with Gasteiger partial charge in [-0.3, -0.25) is 4.79 Å². The van der Waals surface area contributed by atoms with Crippen molar-refractivity contribution in [1.82, 2.24) is 14.5 Å². The molecule has 3 aromatic rings. The number of amides is 1. The van der Waals surface area contributed by atoms with Crippen LogP contribution in [0.3, 0.4) is 0 Å². The standard InChI is InChI=1S/C21H23N3O3/c1-26-18-5-2-4-16(12-18)13-23-10-9-22-20(23)15-24(21(25)17-7-8-17)14-19-6-3-11-27-19/h2-6,9-12,17H,7-8,13-15H2,1H3. The van der Waals surface area contributed by atoms with Crippen molar-refractivity contribution in [2.75, 3.05) is 7.11 Å². The Bertz CT molecular complexity index is 897. The first-order valence-corrected chi connectivity index (χ1v) is 9.17. The average molecular weight is 365 g/mol. The van der Waals surface area contributed by atoms with E-state index in [1.807, 2.05) is 41.4 Å². The number of benzene rings is 1. The van der Waals surface area contributed by atoms with E-state index in [1.54, 1.807) is 19.6 Å². The Morgan fingerprint density at radius 2 is 2.19 bits per heavy atom. The number of nitrogens with zero attached hydrogens (tertiary/aromatic N) is 3. The molecule has 1 aliphatic carbocycles. The van der Waals surface area contributed by atoms with Crippen LogP contribution in [-0.4, -0.2) is 27.5 Å². The Balaban J connectivity index is 1.51. The van der Waals surface area contributed by atoms with Crippen LogP contribution in [-0.2, 0) is 24.4 Å². The van der Waals surface area contributed by atoms with Crippen molar-refractivity contribution in [3.8, 4) is 5.75 Å². The van der Waals surface area contributed by atoms with Gasteiger partial charge >= 0.3 is 0 Å². The van der Waals surface area contributed by atoms with E-state index < -0.39 is 0 Å². The van der Waals surface area contributed by atoms with Crippen LogP contribution in [0, 0.1) is 5.92 Å². The van der Waals surface area contributed by atoms with Gasteiger partial charge < -0.3 is 18.6 Å². The molecule has 0 saturated heterocycles. The molecule has 0 aliphatic heterocycles. The molecule has 2 heterocycles. The van der Waals surface area contributed by atoms with E-state index >= 15 is 0 Å². The van der Waals surface area contributed by atoms with Gasteiger partial charge in [-0.15, -0.1) is 0 Å². The van der Waals surface area contributed by atoms with Gasteiger partial charge in [0.2, 0.25) is 5.91 Å². The van der Waals surface area contributed by atoms with Crippen molar-refractivity contribution in [2.45, 2.75) is 32.5 Å². The van der Waals surface area contributed by atoms with Gasteiger partial charge in [0.05, 0.1) is 26.5 Å². The number of carbonyl (C=O) groups excluding carboxylic acids is 1. The zero-order valence-corrected chi connectivity index (χ0v) is 15.4. The third-order valence-electron chi connectivity index (χ3n) is 4.79. The molecule has 1 amide bonds. The number of hydrogen-bond acceptors (Lipinski definition) is 4. The van der Waals surface area contributed by atoms with Crippen LogP contribution in [0.25, 0.3) is 0 Å². The fraction of sp³-hybridized carbons (Fsp3) is 0.333. The number of furan rings is 1. The van der Waals surface area contributed by atoms with Gasteiger partial charge in [0.15, 0.2) is 0 Å². The lowest BCUT2D eigenvalue weighted by Gasteiger charge is -2.22. The van der Waals surface area contributed by atoms with Crippen LogP contribution in [0.4, 0.5) is 0 Å². The number of methoxy groups -OCH3 is 1. The summed E-state index contributed by atoms with van der Waals surface area (Å²) in [4.78, 5) is 19.1. The summed E-state index contributed by atoms with van der Waals surface area (Å²) in [6.07, 6.45) is 7.32. The van der Waals surface area contributed by atoms with E-state index in [2.05, 4.69) is 15.6 Å². The number of rotatable bonds is 8. The normalized spacial score (nSPS) is 13.5. The first kappa shape index (κ1) is 17.4. The van der Waals surface area contributed by atoms with Crippen LogP contribution in [0.5, 0.6) is 5.75 Å². The SMILES string of the molecule is COc1cccc(Cn2ccnc2CN(Cc2ccco2)C(=O)C2CC2)c1. The van der Waals surface area contributed by atoms with Gasteiger partial charge in [-0.25, -0.2) is 4.98 Å². The molecule has 6 heteroatoms. The number of aromatic nitrogens is 2. The van der Waals surface area contributed by atoms with Crippen LogP contribution >= 0.6 is 0 Å². The molecule has 6 nitrogen and oxygen atoms in total. The summed E-state index contributed by atoms with van der Waals surface area (Å²) in [6, 6.07) is 11.7. The van der Waals surface area contributed by atoms with E-state index in [0.29, 0.717) is 19.6 Å². The van der Waals surface area contributed by atoms with Crippen LogP contribution in [0.15, 0.2) is 59.5 Å². The molecule has 4 rings (SSSR count). The number of ether oxygens (including phenoxy) is 1. The lowest BCUT2D eigenvalue weighted by atomic mass is 10.2. The van der Waals surface area contributed by atoms with Crippen molar-refractivity contribution in [1.29, 1.82) is 0 Å². The van der Waals surface area contributed by atoms with Crippen molar-refractivity contribution in [3.05, 3.63) is 72.2 Å². The van der Waals surface area contributed by atoms with Gasteiger partial charge in [-0.2, -0.15) is 0 Å². The van der Waals surface area contributed by atoms with Gasteiger partial charge in [0.25, 0.3) is 0 Å². The maximum absolute atomic E-state index is 12.7. The molecule has 0 bridgehead atoms. The van der Waals surface area contributed by atoms with Crippen LogP contribution < -0.4 is 4.74 Å². The number of carbonyl (C=O) groups is 1. The smallest absolute Gasteiger partial charge is 0.226 e. The van der Waals surface area contributed by atoms with E-state index in [-0.39, 0.29) is 11.8 Å². The van der Waals surface area contributed by atoms with E-state index in [0.717, 1.165) is 35.7 Å². The molecule has 0 atom stereocenters. The Labute approximate surface area is 158 Å². The van der Waals surface area contributed by atoms with E-state index in [4.69, 9.17) is 9.15 Å². The molecule has 27 heavy (non-hydrogen) atoms. The molecular formula is C21H23N3O3. The Morgan fingerprint density at radius 3 is 2.93 bits per heavy atom. The topological polar surface area (TPSA) is 60.5 Å². The summed E-state index contributed by atoms with van der Waals surface area (Å²) in [5.74, 6) is 2.81. The van der Waals surface area contributed by atoms with E-state index in [9.17, 15) is 4.79 Å². The first-order chi connectivity index (χ1) is 13.2. The molecule has 1 fully saturated rings. The molecule has 1 aromatic carbocycles. The second kappa shape index (κ2) is 7.70. The summed E-state index contributed by atoms with van der Waals surface area (Å²) < 4.78 is 12.8. The number of imidazole rings is 1. The molecule has 0 unspecified atom stereocenters. The minimum absolute atomic E-state index is 0.154. The third-order valence-corrected chi connectivity index (χ3v) is 4.79. The minimum atomic E-state index is 0.154. The summed E-state index contributed by atoms with van der Waals surface area (Å²) in [5.41, 5.74) is 1.12. The third kappa shape index (κ3) is 4.22. The van der Waals surface area contributed by atoms with Gasteiger partial charge in [-0.05, 0) is 42.7 Å².